The lowest BCUT2D eigenvalue weighted by Gasteiger charge is -2.09. The number of nitrogens with zero attached hydrogens (tertiary/aromatic N) is 5. The van der Waals surface area contributed by atoms with Crippen LogP contribution < -0.4 is 0 Å². The Morgan fingerprint density at radius 3 is 1.84 bits per heavy atom. The van der Waals surface area contributed by atoms with Crippen LogP contribution in [-0.4, -0.2) is 24.5 Å². The van der Waals surface area contributed by atoms with E-state index >= 15 is 0 Å². The molecule has 9 rings (SSSR count). The second-order valence-corrected chi connectivity index (χ2v) is 11.2. The highest BCUT2D eigenvalue weighted by Gasteiger charge is 2.15. The van der Waals surface area contributed by atoms with Crippen LogP contribution in [0, 0.1) is 0 Å². The smallest absolute Gasteiger partial charge is 0.146 e. The van der Waals surface area contributed by atoms with E-state index in [1.807, 2.05) is 48.9 Å². The van der Waals surface area contributed by atoms with Gasteiger partial charge < -0.3 is 0 Å². The van der Waals surface area contributed by atoms with Crippen LogP contribution in [0.5, 0.6) is 0 Å². The van der Waals surface area contributed by atoms with Crippen LogP contribution in [0.2, 0.25) is 0 Å². The van der Waals surface area contributed by atoms with Crippen molar-refractivity contribution in [3.05, 3.63) is 152 Å². The van der Waals surface area contributed by atoms with Crippen molar-refractivity contribution in [3.8, 4) is 39.3 Å². The quantitative estimate of drug-likeness (QED) is 0.196. The van der Waals surface area contributed by atoms with E-state index in [1.165, 1.54) is 11.1 Å². The van der Waals surface area contributed by atoms with Gasteiger partial charge >= 0.3 is 0 Å². The molecular formula is C40H25N5. The van der Waals surface area contributed by atoms with E-state index < -0.39 is 0 Å². The Labute approximate surface area is 259 Å². The van der Waals surface area contributed by atoms with Crippen molar-refractivity contribution in [2.75, 3.05) is 0 Å². The number of hydrogen-bond donors (Lipinski definition) is 0. The molecule has 0 aliphatic carbocycles. The molecule has 5 aromatic heterocycles. The Morgan fingerprint density at radius 2 is 1.07 bits per heavy atom. The fraction of sp³-hybridized carbons (Fsp3) is 0. The molecule has 0 saturated heterocycles. The van der Waals surface area contributed by atoms with E-state index in [2.05, 4.69) is 118 Å². The standard InChI is InChI=1S/C40H25N5/c1-2-22-41-37(7-1)45-36-21-19-32(25-34(36)33-6-4-24-43-40(33)45)28-10-8-26(9-11-28)27-12-14-29(15-13-27)35-20-18-31-17-16-30-5-3-23-42-38(30)39(31)44-35/h1-25H. The van der Waals surface area contributed by atoms with E-state index in [0.717, 1.165) is 71.9 Å². The lowest BCUT2D eigenvalue weighted by Crippen LogP contribution is -1.97. The van der Waals surface area contributed by atoms with Gasteiger partial charge in [-0.3, -0.25) is 9.55 Å². The van der Waals surface area contributed by atoms with Gasteiger partial charge in [0.1, 0.15) is 11.5 Å². The van der Waals surface area contributed by atoms with Crippen LogP contribution >= 0.6 is 0 Å². The van der Waals surface area contributed by atoms with Crippen LogP contribution in [0.25, 0.3) is 83.1 Å². The van der Waals surface area contributed by atoms with Crippen molar-refractivity contribution >= 4 is 43.7 Å². The zero-order valence-electron chi connectivity index (χ0n) is 24.2. The first-order chi connectivity index (χ1) is 22.3. The minimum Gasteiger partial charge on any atom is -0.278 e. The molecule has 0 radical (unpaired) electrons. The highest BCUT2D eigenvalue weighted by Crippen LogP contribution is 2.34. The fourth-order valence-electron chi connectivity index (χ4n) is 6.32. The fourth-order valence-corrected chi connectivity index (χ4v) is 6.32. The normalized spacial score (nSPS) is 11.6. The predicted octanol–water partition coefficient (Wildman–Crippen LogP) is 9.67. The van der Waals surface area contributed by atoms with E-state index in [4.69, 9.17) is 9.97 Å². The van der Waals surface area contributed by atoms with Crippen LogP contribution in [0.15, 0.2) is 152 Å². The molecule has 0 unspecified atom stereocenters. The zero-order valence-corrected chi connectivity index (χ0v) is 24.2. The summed E-state index contributed by atoms with van der Waals surface area (Å²) in [5, 5.41) is 4.46. The van der Waals surface area contributed by atoms with Crippen molar-refractivity contribution in [3.63, 3.8) is 0 Å². The topological polar surface area (TPSA) is 56.5 Å². The molecule has 4 aromatic carbocycles. The molecule has 0 aliphatic rings. The Balaban J connectivity index is 1.03. The van der Waals surface area contributed by atoms with Gasteiger partial charge in [-0.05, 0) is 70.8 Å². The average Bonchev–Trinajstić information content (AvgIpc) is 3.45. The van der Waals surface area contributed by atoms with Crippen LogP contribution in [0.4, 0.5) is 0 Å². The van der Waals surface area contributed by atoms with Gasteiger partial charge in [0.15, 0.2) is 0 Å². The summed E-state index contributed by atoms with van der Waals surface area (Å²) in [6.45, 7) is 0. The summed E-state index contributed by atoms with van der Waals surface area (Å²) < 4.78 is 2.13. The van der Waals surface area contributed by atoms with Crippen molar-refractivity contribution in [1.82, 2.24) is 24.5 Å². The zero-order chi connectivity index (χ0) is 29.7. The van der Waals surface area contributed by atoms with Gasteiger partial charge in [-0.25, -0.2) is 15.0 Å². The molecule has 5 nitrogen and oxygen atoms in total. The number of aromatic nitrogens is 5. The Morgan fingerprint density at radius 1 is 0.422 bits per heavy atom. The molecule has 0 bridgehead atoms. The van der Waals surface area contributed by atoms with Gasteiger partial charge in [0, 0.05) is 45.7 Å². The lowest BCUT2D eigenvalue weighted by molar-refractivity contribution is 1.06. The minimum absolute atomic E-state index is 0.862. The number of benzene rings is 4. The van der Waals surface area contributed by atoms with Gasteiger partial charge in [-0.15, -0.1) is 0 Å². The van der Waals surface area contributed by atoms with Crippen molar-refractivity contribution < 1.29 is 0 Å². The SMILES string of the molecule is c1ccc(-n2c3ccc(-c4ccc(-c5ccc(-c6ccc7ccc8cccnc8c7n6)cc5)cc4)cc3c3cccnc32)nc1. The maximum Gasteiger partial charge on any atom is 0.146 e. The van der Waals surface area contributed by atoms with Crippen LogP contribution in [0.1, 0.15) is 0 Å². The monoisotopic (exact) mass is 575 g/mol. The summed E-state index contributed by atoms with van der Waals surface area (Å²) in [6, 6.07) is 46.6. The van der Waals surface area contributed by atoms with Crippen LogP contribution in [0.3, 0.4) is 0 Å². The van der Waals surface area contributed by atoms with Gasteiger partial charge in [0.2, 0.25) is 0 Å². The summed E-state index contributed by atoms with van der Waals surface area (Å²) in [7, 11) is 0. The molecule has 210 valence electrons. The summed E-state index contributed by atoms with van der Waals surface area (Å²) in [4.78, 5) is 18.9. The highest BCUT2D eigenvalue weighted by molar-refractivity contribution is 6.09. The molecular weight excluding hydrogens is 550 g/mol. The molecule has 9 aromatic rings. The maximum atomic E-state index is 5.01. The van der Waals surface area contributed by atoms with Crippen molar-refractivity contribution in [2.24, 2.45) is 0 Å². The van der Waals surface area contributed by atoms with E-state index in [-0.39, 0.29) is 0 Å². The first kappa shape index (κ1) is 25.3. The van der Waals surface area contributed by atoms with E-state index in [9.17, 15) is 0 Å². The van der Waals surface area contributed by atoms with E-state index in [0.29, 0.717) is 0 Å². The summed E-state index contributed by atoms with van der Waals surface area (Å²) in [5.41, 5.74) is 10.6. The third-order valence-electron chi connectivity index (χ3n) is 8.57. The lowest BCUT2D eigenvalue weighted by atomic mass is 9.98. The maximum absolute atomic E-state index is 5.01. The van der Waals surface area contributed by atoms with Crippen LogP contribution in [-0.2, 0) is 0 Å². The summed E-state index contributed by atoms with van der Waals surface area (Å²) in [6.07, 6.45) is 5.48. The molecule has 0 fully saturated rings. The van der Waals surface area contributed by atoms with Crippen molar-refractivity contribution in [1.29, 1.82) is 0 Å². The molecule has 0 spiro atoms. The van der Waals surface area contributed by atoms with Gasteiger partial charge in [0.05, 0.1) is 22.2 Å². The molecule has 0 atom stereocenters. The Hall–Kier alpha value is -6.20. The molecule has 5 heterocycles. The average molecular weight is 576 g/mol. The first-order valence-corrected chi connectivity index (χ1v) is 15.0. The third kappa shape index (κ3) is 4.25. The number of rotatable bonds is 4. The molecule has 0 aliphatic heterocycles. The molecule has 5 heteroatoms. The summed E-state index contributed by atoms with van der Waals surface area (Å²) in [5.74, 6) is 0.862. The molecule has 0 N–H and O–H groups in total. The largest absolute Gasteiger partial charge is 0.278 e. The number of hydrogen-bond acceptors (Lipinski definition) is 4. The van der Waals surface area contributed by atoms with Gasteiger partial charge in [-0.2, -0.15) is 0 Å². The highest BCUT2D eigenvalue weighted by atomic mass is 15.1. The van der Waals surface area contributed by atoms with Gasteiger partial charge in [-0.1, -0.05) is 84.9 Å². The Bertz CT molecular complexity index is 2520. The summed E-state index contributed by atoms with van der Waals surface area (Å²) >= 11 is 0. The first-order valence-electron chi connectivity index (χ1n) is 15.0. The molecule has 0 saturated carbocycles. The second-order valence-electron chi connectivity index (χ2n) is 11.2. The molecule has 45 heavy (non-hydrogen) atoms. The van der Waals surface area contributed by atoms with E-state index in [1.54, 1.807) is 0 Å². The minimum atomic E-state index is 0.862. The second kappa shape index (κ2) is 10.2. The predicted molar refractivity (Wildman–Crippen MR) is 183 cm³/mol. The number of pyridine rings is 4. The van der Waals surface area contributed by atoms with Crippen molar-refractivity contribution in [2.45, 2.75) is 0 Å². The van der Waals surface area contributed by atoms with Gasteiger partial charge in [0.25, 0.3) is 0 Å². The third-order valence-corrected chi connectivity index (χ3v) is 8.57. The number of fused-ring (bicyclic) bond motifs is 6. The Kier molecular flexibility index (Phi) is 5.74. The molecule has 0 amide bonds.